The van der Waals surface area contributed by atoms with Crippen molar-refractivity contribution in [1.29, 1.82) is 0 Å². The van der Waals surface area contributed by atoms with E-state index in [9.17, 15) is 14.0 Å². The van der Waals surface area contributed by atoms with Gasteiger partial charge in [0.2, 0.25) is 11.8 Å². The normalized spacial score (nSPS) is 10.2. The van der Waals surface area contributed by atoms with E-state index < -0.39 is 5.91 Å². The second-order valence-corrected chi connectivity index (χ2v) is 5.52. The summed E-state index contributed by atoms with van der Waals surface area (Å²) in [6.07, 6.45) is 0.817. The molecule has 0 heterocycles. The first-order valence-corrected chi connectivity index (χ1v) is 8.23. The van der Waals surface area contributed by atoms with Crippen LogP contribution in [-0.2, 0) is 9.59 Å². The highest BCUT2D eigenvalue weighted by atomic mass is 19.1. The van der Waals surface area contributed by atoms with Gasteiger partial charge in [-0.15, -0.1) is 0 Å². The van der Waals surface area contributed by atoms with Crippen molar-refractivity contribution < 1.29 is 23.5 Å². The van der Waals surface area contributed by atoms with E-state index in [0.717, 1.165) is 0 Å². The molecule has 0 atom stereocenters. The van der Waals surface area contributed by atoms with Gasteiger partial charge in [-0.25, -0.2) is 4.39 Å². The molecule has 0 radical (unpaired) electrons. The number of nitrogens with one attached hydrogen (secondary N) is 1. The molecule has 0 bridgehead atoms. The molecule has 0 spiro atoms. The van der Waals surface area contributed by atoms with Crippen LogP contribution in [0.5, 0.6) is 11.5 Å². The molecule has 6 nitrogen and oxygen atoms in total. The van der Waals surface area contributed by atoms with Gasteiger partial charge in [-0.05, 0) is 30.7 Å². The number of para-hydroxylation sites is 2. The number of anilines is 1. The van der Waals surface area contributed by atoms with Gasteiger partial charge in [-0.2, -0.15) is 0 Å². The average Bonchev–Trinajstić information content (AvgIpc) is 2.60. The summed E-state index contributed by atoms with van der Waals surface area (Å²) in [4.78, 5) is 22.8. The number of benzene rings is 2. The van der Waals surface area contributed by atoms with Gasteiger partial charge in [-0.3, -0.25) is 9.59 Å². The van der Waals surface area contributed by atoms with Crippen molar-refractivity contribution in [2.24, 2.45) is 5.73 Å². The lowest BCUT2D eigenvalue weighted by Crippen LogP contribution is -2.16. The maximum absolute atomic E-state index is 13.0. The number of ether oxygens (including phenoxy) is 2. The second kappa shape index (κ2) is 10.0. The molecule has 0 aliphatic heterocycles. The van der Waals surface area contributed by atoms with Crippen LogP contribution in [0.4, 0.5) is 10.1 Å². The van der Waals surface area contributed by atoms with Crippen LogP contribution in [0.15, 0.2) is 48.5 Å². The summed E-state index contributed by atoms with van der Waals surface area (Å²) in [6, 6.07) is 12.8. The lowest BCUT2D eigenvalue weighted by atomic mass is 10.2. The summed E-state index contributed by atoms with van der Waals surface area (Å²) in [5.41, 5.74) is 5.59. The van der Waals surface area contributed by atoms with E-state index >= 15 is 0 Å². The maximum Gasteiger partial charge on any atom is 0.224 e. The monoisotopic (exact) mass is 360 g/mol. The molecule has 3 N–H and O–H groups in total. The Hall–Kier alpha value is -3.09. The predicted molar refractivity (Wildman–Crippen MR) is 95.5 cm³/mol. The third-order valence-electron chi connectivity index (χ3n) is 3.38. The van der Waals surface area contributed by atoms with Crippen LogP contribution in [-0.4, -0.2) is 25.0 Å². The lowest BCUT2D eigenvalue weighted by molar-refractivity contribution is -0.118. The van der Waals surface area contributed by atoms with Gasteiger partial charge < -0.3 is 20.5 Å². The molecule has 2 aromatic carbocycles. The minimum atomic E-state index is -0.454. The molecule has 0 unspecified atom stereocenters. The summed E-state index contributed by atoms with van der Waals surface area (Å²) in [6.45, 7) is 0.442. The Morgan fingerprint density at radius 2 is 1.81 bits per heavy atom. The Labute approximate surface area is 151 Å². The predicted octanol–water partition coefficient (Wildman–Crippen LogP) is 2.88. The number of primary amides is 1. The minimum Gasteiger partial charge on any atom is -0.493 e. The van der Waals surface area contributed by atoms with Crippen LogP contribution in [0.1, 0.15) is 19.3 Å². The zero-order valence-corrected chi connectivity index (χ0v) is 14.2. The molecule has 26 heavy (non-hydrogen) atoms. The first-order chi connectivity index (χ1) is 12.5. The van der Waals surface area contributed by atoms with Gasteiger partial charge in [0.1, 0.15) is 17.3 Å². The number of hydrogen-bond donors (Lipinski definition) is 2. The number of hydrogen-bond acceptors (Lipinski definition) is 4. The van der Waals surface area contributed by atoms with Crippen LogP contribution in [0.25, 0.3) is 0 Å². The minimum absolute atomic E-state index is 0.0969. The maximum atomic E-state index is 13.0. The van der Waals surface area contributed by atoms with Gasteiger partial charge in [0.25, 0.3) is 0 Å². The molecule has 0 aliphatic rings. The fourth-order valence-electron chi connectivity index (χ4n) is 2.15. The van der Waals surface area contributed by atoms with Crippen LogP contribution in [0, 0.1) is 5.82 Å². The van der Waals surface area contributed by atoms with Gasteiger partial charge in [-0.1, -0.05) is 18.2 Å². The number of carbonyl (C=O) groups is 2. The highest BCUT2D eigenvalue weighted by Gasteiger charge is 2.08. The quantitative estimate of drug-likeness (QED) is 0.638. The number of amides is 2. The SMILES string of the molecule is NC(=O)CCOc1ccccc1NC(=O)CCCOc1cccc(F)c1. The standard InChI is InChI=1S/C19H21FN2O4/c20-14-5-3-6-15(13-14)25-11-4-9-19(24)22-16-7-1-2-8-17(16)26-12-10-18(21)23/h1-3,5-8,13H,4,9-12H2,(H2,21,23)(H,22,24). The molecule has 0 aliphatic carbocycles. The van der Waals surface area contributed by atoms with Crippen molar-refractivity contribution in [1.82, 2.24) is 0 Å². The van der Waals surface area contributed by atoms with Crippen molar-refractivity contribution in [3.8, 4) is 11.5 Å². The molecule has 0 saturated heterocycles. The molecule has 138 valence electrons. The van der Waals surface area contributed by atoms with E-state index in [1.807, 2.05) is 0 Å². The van der Waals surface area contributed by atoms with Crippen molar-refractivity contribution in [3.63, 3.8) is 0 Å². The van der Waals surface area contributed by atoms with E-state index in [4.69, 9.17) is 15.2 Å². The summed E-state index contributed by atoms with van der Waals surface area (Å²) in [5, 5.41) is 2.76. The zero-order chi connectivity index (χ0) is 18.8. The fraction of sp³-hybridized carbons (Fsp3) is 0.263. The van der Waals surface area contributed by atoms with Gasteiger partial charge in [0.15, 0.2) is 0 Å². The number of carbonyl (C=O) groups excluding carboxylic acids is 2. The third-order valence-corrected chi connectivity index (χ3v) is 3.38. The average molecular weight is 360 g/mol. The van der Waals surface area contributed by atoms with Crippen LogP contribution >= 0.6 is 0 Å². The summed E-state index contributed by atoms with van der Waals surface area (Å²) >= 11 is 0. The van der Waals surface area contributed by atoms with Gasteiger partial charge >= 0.3 is 0 Å². The third kappa shape index (κ3) is 6.80. The zero-order valence-electron chi connectivity index (χ0n) is 14.2. The van der Waals surface area contributed by atoms with Crippen LogP contribution in [0.2, 0.25) is 0 Å². The molecule has 7 heteroatoms. The van der Waals surface area contributed by atoms with Crippen molar-refractivity contribution in [2.75, 3.05) is 18.5 Å². The highest BCUT2D eigenvalue weighted by Crippen LogP contribution is 2.24. The lowest BCUT2D eigenvalue weighted by Gasteiger charge is -2.12. The van der Waals surface area contributed by atoms with Crippen molar-refractivity contribution >= 4 is 17.5 Å². The van der Waals surface area contributed by atoms with Crippen LogP contribution < -0.4 is 20.5 Å². The van der Waals surface area contributed by atoms with E-state index in [0.29, 0.717) is 30.2 Å². The molecular weight excluding hydrogens is 339 g/mol. The van der Waals surface area contributed by atoms with Crippen LogP contribution in [0.3, 0.4) is 0 Å². The summed E-state index contributed by atoms with van der Waals surface area (Å²) in [5.74, 6) is -0.117. The second-order valence-electron chi connectivity index (χ2n) is 5.52. The van der Waals surface area contributed by atoms with Crippen molar-refractivity contribution in [3.05, 3.63) is 54.3 Å². The van der Waals surface area contributed by atoms with E-state index in [2.05, 4.69) is 5.32 Å². The number of nitrogens with two attached hydrogens (primary N) is 1. The largest absolute Gasteiger partial charge is 0.493 e. The molecule has 0 fully saturated rings. The molecular formula is C19H21FN2O4. The smallest absolute Gasteiger partial charge is 0.224 e. The first kappa shape index (κ1) is 19.2. The molecule has 2 rings (SSSR count). The Bertz CT molecular complexity index is 752. The number of halogens is 1. The van der Waals surface area contributed by atoms with E-state index in [1.165, 1.54) is 12.1 Å². The summed E-state index contributed by atoms with van der Waals surface area (Å²) in [7, 11) is 0. The van der Waals surface area contributed by atoms with Crippen molar-refractivity contribution in [2.45, 2.75) is 19.3 Å². The molecule has 2 aromatic rings. The van der Waals surface area contributed by atoms with E-state index in [1.54, 1.807) is 36.4 Å². The molecule has 0 saturated carbocycles. The summed E-state index contributed by atoms with van der Waals surface area (Å²) < 4.78 is 23.9. The highest BCUT2D eigenvalue weighted by molar-refractivity contribution is 5.92. The topological polar surface area (TPSA) is 90.7 Å². The first-order valence-electron chi connectivity index (χ1n) is 8.23. The Balaban J connectivity index is 1.76. The number of rotatable bonds is 10. The van der Waals surface area contributed by atoms with Gasteiger partial charge in [0, 0.05) is 12.5 Å². The Kier molecular flexibility index (Phi) is 7.42. The van der Waals surface area contributed by atoms with Gasteiger partial charge in [0.05, 0.1) is 25.3 Å². The fourth-order valence-corrected chi connectivity index (χ4v) is 2.15. The molecule has 0 aromatic heterocycles. The molecule has 2 amide bonds. The Morgan fingerprint density at radius 1 is 1.00 bits per heavy atom. The Morgan fingerprint density at radius 3 is 2.58 bits per heavy atom. The van der Waals surface area contributed by atoms with E-state index in [-0.39, 0.29) is 31.2 Å².